The first kappa shape index (κ1) is 14.7. The zero-order valence-corrected chi connectivity index (χ0v) is 11.8. The van der Waals surface area contributed by atoms with Crippen LogP contribution in [0.5, 0.6) is 0 Å². The van der Waals surface area contributed by atoms with Crippen molar-refractivity contribution in [2.75, 3.05) is 12.8 Å². The van der Waals surface area contributed by atoms with Crippen LogP contribution in [0.4, 0.5) is 0 Å². The van der Waals surface area contributed by atoms with Crippen molar-refractivity contribution in [2.24, 2.45) is 0 Å². The fraction of sp³-hybridized carbons (Fsp3) is 0.500. The van der Waals surface area contributed by atoms with E-state index in [1.807, 2.05) is 44.2 Å². The van der Waals surface area contributed by atoms with E-state index in [4.69, 9.17) is 20.7 Å². The van der Waals surface area contributed by atoms with Gasteiger partial charge in [-0.3, -0.25) is 4.57 Å². The molecule has 0 aliphatic carbocycles. The Bertz CT molecular complexity index is 369. The van der Waals surface area contributed by atoms with Crippen LogP contribution in [-0.4, -0.2) is 18.9 Å². The monoisotopic (exact) mass is 276 g/mol. The molecule has 0 fully saturated rings. The van der Waals surface area contributed by atoms with Gasteiger partial charge < -0.3 is 4.74 Å². The molecule has 2 unspecified atom stereocenters. The van der Waals surface area contributed by atoms with Crippen LogP contribution in [0.2, 0.25) is 0 Å². The van der Waals surface area contributed by atoms with Crippen molar-refractivity contribution in [3.05, 3.63) is 35.9 Å². The van der Waals surface area contributed by atoms with Crippen LogP contribution in [-0.2, 0) is 19.5 Å². The van der Waals surface area contributed by atoms with Crippen LogP contribution in [0.25, 0.3) is 0 Å². The predicted octanol–water partition coefficient (Wildman–Crippen LogP) is 4.06. The van der Waals surface area contributed by atoms with Gasteiger partial charge in [-0.15, -0.1) is 0 Å². The normalized spacial score (nSPS) is 16.4. The largest absolute Gasteiger partial charge is 0.378 e. The van der Waals surface area contributed by atoms with E-state index in [0.29, 0.717) is 18.9 Å². The summed E-state index contributed by atoms with van der Waals surface area (Å²) in [7, 11) is -2.87. The second-order valence-electron chi connectivity index (χ2n) is 3.98. The van der Waals surface area contributed by atoms with E-state index in [9.17, 15) is 4.57 Å². The van der Waals surface area contributed by atoms with Crippen molar-refractivity contribution in [1.29, 1.82) is 0 Å². The van der Waals surface area contributed by atoms with Gasteiger partial charge in [0.2, 0.25) is 7.37 Å². The maximum absolute atomic E-state index is 12.4. The molecule has 1 aromatic carbocycles. The summed E-state index contributed by atoms with van der Waals surface area (Å²) in [5, 5.41) is 0. The minimum Gasteiger partial charge on any atom is -0.378 e. The Kier molecular flexibility index (Phi) is 6.21. The summed E-state index contributed by atoms with van der Waals surface area (Å²) in [6, 6.07) is 9.54. The van der Waals surface area contributed by atoms with E-state index in [1.165, 1.54) is 0 Å². The molecule has 96 valence electrons. The topological polar surface area (TPSA) is 35.5 Å². The molecule has 1 aromatic rings. The Morgan fingerprint density at radius 1 is 1.35 bits per heavy atom. The third-order valence-electron chi connectivity index (χ3n) is 2.38. The lowest BCUT2D eigenvalue weighted by atomic mass is 10.2. The fourth-order valence-corrected chi connectivity index (χ4v) is 3.91. The highest BCUT2D eigenvalue weighted by molar-refractivity contribution is 7.59. The summed E-state index contributed by atoms with van der Waals surface area (Å²) in [5.74, 6) is 0. The Balaban J connectivity index is 2.66. The van der Waals surface area contributed by atoms with E-state index < -0.39 is 7.37 Å². The summed E-state index contributed by atoms with van der Waals surface area (Å²) in [4.78, 5) is 0. The summed E-state index contributed by atoms with van der Waals surface area (Å²) in [6.45, 7) is 4.37. The van der Waals surface area contributed by atoms with Gasteiger partial charge in [0.15, 0.2) is 0 Å². The molecule has 0 saturated carbocycles. The highest BCUT2D eigenvalue weighted by Gasteiger charge is 2.26. The van der Waals surface area contributed by atoms with Gasteiger partial charge in [-0.2, -0.15) is 0 Å². The molecule has 17 heavy (non-hydrogen) atoms. The molecule has 0 aromatic heterocycles. The van der Waals surface area contributed by atoms with Crippen LogP contribution < -0.4 is 0 Å². The van der Waals surface area contributed by atoms with E-state index in [1.54, 1.807) is 0 Å². The van der Waals surface area contributed by atoms with Crippen LogP contribution in [0.15, 0.2) is 30.3 Å². The fourth-order valence-electron chi connectivity index (χ4n) is 1.71. The first-order chi connectivity index (χ1) is 8.09. The van der Waals surface area contributed by atoms with Crippen LogP contribution in [0.1, 0.15) is 19.4 Å². The minimum absolute atomic E-state index is 0.117. The maximum Gasteiger partial charge on any atom is 0.227 e. The molecule has 1 rings (SSSR count). The summed E-state index contributed by atoms with van der Waals surface area (Å²) < 4.78 is 22.5. The molecular formula is C12H18ClO3P. The Morgan fingerprint density at radius 2 is 2.00 bits per heavy atom. The van der Waals surface area contributed by atoms with Gasteiger partial charge >= 0.3 is 0 Å². The predicted molar refractivity (Wildman–Crippen MR) is 70.6 cm³/mol. The molecule has 0 N–H and O–H groups in total. The molecular weight excluding hydrogens is 259 g/mol. The maximum atomic E-state index is 12.4. The van der Waals surface area contributed by atoms with Gasteiger partial charge in [-0.05, 0) is 19.4 Å². The van der Waals surface area contributed by atoms with E-state index in [0.717, 1.165) is 5.56 Å². The molecule has 0 spiro atoms. The number of hydrogen-bond donors (Lipinski definition) is 0. The standard InChI is InChI=1S/C12H18ClO3P/c1-3-15-11(2)9-17(14,16-13)10-12-7-5-4-6-8-12/h4-8,11H,3,9-10H2,1-2H3. The highest BCUT2D eigenvalue weighted by atomic mass is 35.5. The molecule has 0 radical (unpaired) electrons. The molecule has 0 saturated heterocycles. The molecule has 3 nitrogen and oxygen atoms in total. The van der Waals surface area contributed by atoms with Gasteiger partial charge in [-0.25, -0.2) is 4.08 Å². The van der Waals surface area contributed by atoms with Crippen molar-refractivity contribution in [3.8, 4) is 0 Å². The molecule has 5 heteroatoms. The Morgan fingerprint density at radius 3 is 2.53 bits per heavy atom. The lowest BCUT2D eigenvalue weighted by molar-refractivity contribution is 0.0905. The van der Waals surface area contributed by atoms with Gasteiger partial charge in [-0.1, -0.05) is 30.3 Å². The van der Waals surface area contributed by atoms with Crippen molar-refractivity contribution in [3.63, 3.8) is 0 Å². The van der Waals surface area contributed by atoms with Crippen molar-refractivity contribution in [2.45, 2.75) is 26.1 Å². The average Bonchev–Trinajstić information content (AvgIpc) is 2.30. The van der Waals surface area contributed by atoms with E-state index >= 15 is 0 Å². The number of halogens is 1. The zero-order chi connectivity index (χ0) is 12.7. The number of rotatable bonds is 7. The van der Waals surface area contributed by atoms with Gasteiger partial charge in [0, 0.05) is 6.61 Å². The first-order valence-electron chi connectivity index (χ1n) is 5.63. The molecule has 0 heterocycles. The number of hydrogen-bond acceptors (Lipinski definition) is 3. The van der Waals surface area contributed by atoms with E-state index in [-0.39, 0.29) is 6.10 Å². The third kappa shape index (κ3) is 5.22. The molecule has 2 atom stereocenters. The number of benzene rings is 1. The third-order valence-corrected chi connectivity index (χ3v) is 5.30. The molecule has 0 aliphatic rings. The van der Waals surface area contributed by atoms with Gasteiger partial charge in [0.25, 0.3) is 0 Å². The van der Waals surface area contributed by atoms with Gasteiger partial charge in [0.1, 0.15) is 0 Å². The lowest BCUT2D eigenvalue weighted by Crippen LogP contribution is -2.14. The summed E-state index contributed by atoms with van der Waals surface area (Å²) in [6.07, 6.45) is 0.557. The Hall–Kier alpha value is -0.340. The van der Waals surface area contributed by atoms with E-state index in [2.05, 4.69) is 0 Å². The van der Waals surface area contributed by atoms with Crippen molar-refractivity contribution >= 4 is 19.2 Å². The van der Waals surface area contributed by atoms with Crippen molar-refractivity contribution < 1.29 is 13.4 Å². The second-order valence-corrected chi connectivity index (χ2v) is 6.84. The minimum atomic E-state index is -2.87. The molecule has 0 amide bonds. The van der Waals surface area contributed by atoms with Crippen LogP contribution >= 0.6 is 19.2 Å². The van der Waals surface area contributed by atoms with Crippen molar-refractivity contribution in [1.82, 2.24) is 0 Å². The molecule has 0 bridgehead atoms. The van der Waals surface area contributed by atoms with Gasteiger partial charge in [0.05, 0.1) is 30.3 Å². The Labute approximate surface area is 108 Å². The SMILES string of the molecule is CCOC(C)CP(=O)(Cc1ccccc1)OCl. The zero-order valence-electron chi connectivity index (χ0n) is 10.1. The lowest BCUT2D eigenvalue weighted by Gasteiger charge is -2.18. The number of ether oxygens (including phenoxy) is 1. The second kappa shape index (κ2) is 7.17. The average molecular weight is 277 g/mol. The first-order valence-corrected chi connectivity index (χ1v) is 7.94. The summed E-state index contributed by atoms with van der Waals surface area (Å²) >= 11 is 5.38. The van der Waals surface area contributed by atoms with Crippen LogP contribution in [0.3, 0.4) is 0 Å². The summed E-state index contributed by atoms with van der Waals surface area (Å²) in [5.41, 5.74) is 0.959. The highest BCUT2D eigenvalue weighted by Crippen LogP contribution is 2.52. The molecule has 0 aliphatic heterocycles. The smallest absolute Gasteiger partial charge is 0.227 e. The van der Waals surface area contributed by atoms with Crippen LogP contribution in [0, 0.1) is 0 Å². The quantitative estimate of drug-likeness (QED) is 0.705.